The Balaban J connectivity index is 2.45. The van der Waals surface area contributed by atoms with Gasteiger partial charge in [-0.15, -0.1) is 11.6 Å². The summed E-state index contributed by atoms with van der Waals surface area (Å²) in [7, 11) is 0. The lowest BCUT2D eigenvalue weighted by atomic mass is 10.1. The Labute approximate surface area is 99.0 Å². The molecule has 1 N–H and O–H groups in total. The van der Waals surface area contributed by atoms with Gasteiger partial charge in [0.1, 0.15) is 0 Å². The van der Waals surface area contributed by atoms with Gasteiger partial charge in [-0.2, -0.15) is 0 Å². The monoisotopic (exact) mass is 275 g/mol. The highest BCUT2D eigenvalue weighted by atomic mass is 79.9. The van der Waals surface area contributed by atoms with Gasteiger partial charge in [0.05, 0.1) is 0 Å². The van der Waals surface area contributed by atoms with Gasteiger partial charge in [-0.1, -0.05) is 22.0 Å². The summed E-state index contributed by atoms with van der Waals surface area (Å²) in [6.07, 6.45) is 1.06. The maximum Gasteiger partial charge on any atom is 0.0348 e. The quantitative estimate of drug-likeness (QED) is 0.643. The number of aryl methyl sites for hydroxylation is 1. The van der Waals surface area contributed by atoms with Crippen LogP contribution in [0.4, 0.5) is 0 Å². The summed E-state index contributed by atoms with van der Waals surface area (Å²) in [5.74, 6) is 0.678. The van der Waals surface area contributed by atoms with Crippen LogP contribution in [0.25, 0.3) is 0 Å². The van der Waals surface area contributed by atoms with Gasteiger partial charge in [0.25, 0.3) is 0 Å². The van der Waals surface area contributed by atoms with Crippen LogP contribution in [0.3, 0.4) is 0 Å². The van der Waals surface area contributed by atoms with Gasteiger partial charge in [-0.05, 0) is 43.1 Å². The van der Waals surface area contributed by atoms with E-state index in [1.807, 2.05) is 0 Å². The van der Waals surface area contributed by atoms with E-state index in [0.29, 0.717) is 5.88 Å². The smallest absolute Gasteiger partial charge is 0.0348 e. The second-order valence-electron chi connectivity index (χ2n) is 3.26. The standard InChI is InChI=1S/C11H15BrClN/c1-9-2-3-11(12)8-10(9)4-6-14-7-5-13/h2-3,8,14H,4-7H2,1H3. The largest absolute Gasteiger partial charge is 0.315 e. The van der Waals surface area contributed by atoms with Crippen LogP contribution in [0.15, 0.2) is 22.7 Å². The van der Waals surface area contributed by atoms with E-state index < -0.39 is 0 Å². The lowest BCUT2D eigenvalue weighted by Gasteiger charge is -2.06. The lowest BCUT2D eigenvalue weighted by molar-refractivity contribution is 0.717. The van der Waals surface area contributed by atoms with E-state index in [1.54, 1.807) is 0 Å². The second kappa shape index (κ2) is 6.44. The molecular weight excluding hydrogens is 261 g/mol. The number of hydrogen-bond donors (Lipinski definition) is 1. The van der Waals surface area contributed by atoms with Gasteiger partial charge in [0, 0.05) is 16.9 Å². The number of nitrogens with one attached hydrogen (secondary N) is 1. The topological polar surface area (TPSA) is 12.0 Å². The summed E-state index contributed by atoms with van der Waals surface area (Å²) in [5, 5.41) is 3.28. The third-order valence-corrected chi connectivity index (χ3v) is 2.84. The minimum Gasteiger partial charge on any atom is -0.315 e. The van der Waals surface area contributed by atoms with Gasteiger partial charge in [-0.25, -0.2) is 0 Å². The van der Waals surface area contributed by atoms with Crippen LogP contribution < -0.4 is 5.32 Å². The molecule has 0 amide bonds. The van der Waals surface area contributed by atoms with Gasteiger partial charge in [0.15, 0.2) is 0 Å². The molecule has 0 aliphatic rings. The molecule has 0 aromatic heterocycles. The number of benzene rings is 1. The first-order valence-electron chi connectivity index (χ1n) is 4.75. The normalized spacial score (nSPS) is 10.5. The van der Waals surface area contributed by atoms with Gasteiger partial charge in [0.2, 0.25) is 0 Å². The van der Waals surface area contributed by atoms with Crippen LogP contribution in [0.2, 0.25) is 0 Å². The Bertz CT molecular complexity index is 289. The first-order chi connectivity index (χ1) is 6.74. The van der Waals surface area contributed by atoms with E-state index in [2.05, 4.69) is 46.4 Å². The van der Waals surface area contributed by atoms with Crippen LogP contribution in [-0.4, -0.2) is 19.0 Å². The molecule has 0 spiro atoms. The molecule has 0 aliphatic heterocycles. The molecule has 0 atom stereocenters. The molecule has 0 bridgehead atoms. The number of halogens is 2. The molecule has 1 aromatic rings. The van der Waals surface area contributed by atoms with Crippen molar-refractivity contribution in [1.82, 2.24) is 5.32 Å². The molecule has 1 aromatic carbocycles. The summed E-state index contributed by atoms with van der Waals surface area (Å²) >= 11 is 9.05. The fraction of sp³-hybridized carbons (Fsp3) is 0.455. The van der Waals surface area contributed by atoms with Crippen molar-refractivity contribution in [3.63, 3.8) is 0 Å². The molecule has 1 nitrogen and oxygen atoms in total. The second-order valence-corrected chi connectivity index (χ2v) is 4.55. The SMILES string of the molecule is Cc1ccc(Br)cc1CCNCCCl. The van der Waals surface area contributed by atoms with E-state index >= 15 is 0 Å². The predicted molar refractivity (Wildman–Crippen MR) is 66.2 cm³/mol. The Hall–Kier alpha value is -0.0500. The molecule has 0 saturated carbocycles. The molecule has 1 rings (SSSR count). The molecule has 0 unspecified atom stereocenters. The van der Waals surface area contributed by atoms with Crippen molar-refractivity contribution in [3.8, 4) is 0 Å². The fourth-order valence-corrected chi connectivity index (χ4v) is 1.87. The molecule has 3 heteroatoms. The zero-order valence-electron chi connectivity index (χ0n) is 8.32. The van der Waals surface area contributed by atoms with Crippen molar-refractivity contribution in [1.29, 1.82) is 0 Å². The van der Waals surface area contributed by atoms with Crippen LogP contribution >= 0.6 is 27.5 Å². The lowest BCUT2D eigenvalue weighted by Crippen LogP contribution is -2.19. The predicted octanol–water partition coefficient (Wildman–Crippen LogP) is 3.13. The number of hydrogen-bond acceptors (Lipinski definition) is 1. The summed E-state index contributed by atoms with van der Waals surface area (Å²) in [5.41, 5.74) is 2.74. The highest BCUT2D eigenvalue weighted by Crippen LogP contribution is 2.16. The minimum absolute atomic E-state index is 0.678. The Morgan fingerprint density at radius 1 is 1.36 bits per heavy atom. The minimum atomic E-state index is 0.678. The van der Waals surface area contributed by atoms with E-state index in [0.717, 1.165) is 24.0 Å². The van der Waals surface area contributed by atoms with Crippen molar-refractivity contribution in [2.75, 3.05) is 19.0 Å². The zero-order chi connectivity index (χ0) is 10.4. The van der Waals surface area contributed by atoms with Gasteiger partial charge < -0.3 is 5.32 Å². The van der Waals surface area contributed by atoms with E-state index in [1.165, 1.54) is 11.1 Å². The fourth-order valence-electron chi connectivity index (χ4n) is 1.32. The molecule has 14 heavy (non-hydrogen) atoms. The van der Waals surface area contributed by atoms with Crippen LogP contribution in [0, 0.1) is 6.92 Å². The molecule has 0 fully saturated rings. The number of alkyl halides is 1. The van der Waals surface area contributed by atoms with E-state index in [9.17, 15) is 0 Å². The molecule has 0 radical (unpaired) electrons. The summed E-state index contributed by atoms with van der Waals surface area (Å²) in [4.78, 5) is 0. The third kappa shape index (κ3) is 3.99. The van der Waals surface area contributed by atoms with E-state index in [-0.39, 0.29) is 0 Å². The van der Waals surface area contributed by atoms with Crippen molar-refractivity contribution >= 4 is 27.5 Å². The van der Waals surface area contributed by atoms with Crippen molar-refractivity contribution in [3.05, 3.63) is 33.8 Å². The van der Waals surface area contributed by atoms with Gasteiger partial charge in [-0.3, -0.25) is 0 Å². The van der Waals surface area contributed by atoms with Crippen LogP contribution in [0.5, 0.6) is 0 Å². The van der Waals surface area contributed by atoms with Crippen LogP contribution in [0.1, 0.15) is 11.1 Å². The third-order valence-electron chi connectivity index (χ3n) is 2.15. The summed E-state index contributed by atoms with van der Waals surface area (Å²) in [6.45, 7) is 4.02. The Morgan fingerprint density at radius 2 is 2.14 bits per heavy atom. The average Bonchev–Trinajstić information content (AvgIpc) is 2.18. The van der Waals surface area contributed by atoms with Crippen LogP contribution in [-0.2, 0) is 6.42 Å². The van der Waals surface area contributed by atoms with E-state index in [4.69, 9.17) is 11.6 Å². The maximum atomic E-state index is 5.57. The van der Waals surface area contributed by atoms with Crippen molar-refractivity contribution in [2.24, 2.45) is 0 Å². The molecule has 78 valence electrons. The summed E-state index contributed by atoms with van der Waals surface area (Å²) in [6, 6.07) is 6.39. The molecular formula is C11H15BrClN. The Morgan fingerprint density at radius 3 is 2.86 bits per heavy atom. The first-order valence-corrected chi connectivity index (χ1v) is 6.08. The van der Waals surface area contributed by atoms with Crippen molar-refractivity contribution < 1.29 is 0 Å². The van der Waals surface area contributed by atoms with Gasteiger partial charge >= 0.3 is 0 Å². The number of rotatable bonds is 5. The van der Waals surface area contributed by atoms with Crippen molar-refractivity contribution in [2.45, 2.75) is 13.3 Å². The summed E-state index contributed by atoms with van der Waals surface area (Å²) < 4.78 is 1.15. The highest BCUT2D eigenvalue weighted by molar-refractivity contribution is 9.10. The first kappa shape index (κ1) is 12.0. The average molecular weight is 277 g/mol. The molecule has 0 aliphatic carbocycles. The maximum absolute atomic E-state index is 5.57. The Kier molecular flexibility index (Phi) is 5.53. The zero-order valence-corrected chi connectivity index (χ0v) is 10.7. The highest BCUT2D eigenvalue weighted by Gasteiger charge is 1.98. The molecule has 0 heterocycles. The molecule has 0 saturated heterocycles.